The Labute approximate surface area is 184 Å². The van der Waals surface area contributed by atoms with E-state index in [9.17, 15) is 9.90 Å². The van der Waals surface area contributed by atoms with Crippen molar-refractivity contribution in [1.29, 1.82) is 5.26 Å². The van der Waals surface area contributed by atoms with Crippen molar-refractivity contribution >= 4 is 23.0 Å². The van der Waals surface area contributed by atoms with Crippen LogP contribution in [0.5, 0.6) is 0 Å². The van der Waals surface area contributed by atoms with Crippen LogP contribution in [0, 0.1) is 17.2 Å². The van der Waals surface area contributed by atoms with E-state index in [2.05, 4.69) is 48.3 Å². The van der Waals surface area contributed by atoms with E-state index in [4.69, 9.17) is 10.00 Å². The van der Waals surface area contributed by atoms with Gasteiger partial charge in [-0.25, -0.2) is 0 Å². The summed E-state index contributed by atoms with van der Waals surface area (Å²) in [5, 5.41) is 21.9. The molecule has 0 amide bonds. The van der Waals surface area contributed by atoms with Gasteiger partial charge in [0, 0.05) is 12.2 Å². The Morgan fingerprint density at radius 2 is 2.03 bits per heavy atom. The van der Waals surface area contributed by atoms with Gasteiger partial charge in [0.15, 0.2) is 0 Å². The zero-order valence-corrected chi connectivity index (χ0v) is 18.5. The van der Waals surface area contributed by atoms with E-state index in [-0.39, 0.29) is 18.4 Å². The molecule has 0 radical (unpaired) electrons. The van der Waals surface area contributed by atoms with Gasteiger partial charge in [0.25, 0.3) is 0 Å². The highest BCUT2D eigenvalue weighted by atomic mass is 16.5. The molecular weight excluding hydrogens is 390 g/mol. The predicted molar refractivity (Wildman–Crippen MR) is 123 cm³/mol. The van der Waals surface area contributed by atoms with Gasteiger partial charge in [-0.3, -0.25) is 4.79 Å². The summed E-state index contributed by atoms with van der Waals surface area (Å²) in [7, 11) is 0. The summed E-state index contributed by atoms with van der Waals surface area (Å²) in [6.07, 6.45) is 0.868. The van der Waals surface area contributed by atoms with Crippen LogP contribution in [0.15, 0.2) is 42.5 Å². The van der Waals surface area contributed by atoms with Gasteiger partial charge >= 0.3 is 5.97 Å². The van der Waals surface area contributed by atoms with E-state index in [1.807, 2.05) is 19.1 Å². The van der Waals surface area contributed by atoms with Crippen molar-refractivity contribution in [2.75, 3.05) is 30.0 Å². The number of ether oxygens (including phenoxy) is 1. The summed E-state index contributed by atoms with van der Waals surface area (Å²) in [5.74, 6) is -0.401. The highest BCUT2D eigenvalue weighted by Gasteiger charge is 2.28. The fraction of sp³-hybridized carbons (Fsp3) is 0.440. The van der Waals surface area contributed by atoms with Crippen LogP contribution >= 0.6 is 0 Å². The summed E-state index contributed by atoms with van der Waals surface area (Å²) in [6.45, 7) is 8.59. The molecule has 0 saturated carbocycles. The molecule has 1 aliphatic heterocycles. The maximum Gasteiger partial charge on any atom is 0.303 e. The highest BCUT2D eigenvalue weighted by molar-refractivity contribution is 5.77. The largest absolute Gasteiger partial charge is 0.481 e. The first kappa shape index (κ1) is 22.6. The Kier molecular flexibility index (Phi) is 7.54. The molecule has 1 fully saturated rings. The van der Waals surface area contributed by atoms with Gasteiger partial charge in [-0.2, -0.15) is 5.26 Å². The molecular formula is C25H31N3O3. The third-order valence-corrected chi connectivity index (χ3v) is 5.94. The maximum absolute atomic E-state index is 11.3. The zero-order valence-electron chi connectivity index (χ0n) is 18.5. The molecule has 0 aliphatic carbocycles. The standard InChI is InChI=1S/C25H31N3O3/c1-4-19(14-25(29)30)20-7-10-23(28-11-12-31-16-24(28)17(2)3)22(13-20)27-21-8-5-18(15-26)6-9-21/h5-10,13,17,19,24,27H,4,11-12,14,16H2,1-3H3,(H,29,30)/t19-,24?/m0/s1. The van der Waals surface area contributed by atoms with E-state index in [1.54, 1.807) is 12.1 Å². The van der Waals surface area contributed by atoms with E-state index in [0.29, 0.717) is 24.7 Å². The molecule has 2 atom stereocenters. The number of nitriles is 1. The first-order chi connectivity index (χ1) is 14.9. The number of anilines is 3. The van der Waals surface area contributed by atoms with Crippen LogP contribution in [0.2, 0.25) is 0 Å². The van der Waals surface area contributed by atoms with Crippen LogP contribution < -0.4 is 10.2 Å². The minimum atomic E-state index is -0.787. The lowest BCUT2D eigenvalue weighted by molar-refractivity contribution is -0.137. The van der Waals surface area contributed by atoms with Gasteiger partial charge in [-0.15, -0.1) is 0 Å². The summed E-state index contributed by atoms with van der Waals surface area (Å²) in [4.78, 5) is 13.7. The average molecular weight is 422 g/mol. The summed E-state index contributed by atoms with van der Waals surface area (Å²) >= 11 is 0. The number of carboxylic acid groups (broad SMARTS) is 1. The van der Waals surface area contributed by atoms with Gasteiger partial charge in [-0.05, 0) is 60.2 Å². The van der Waals surface area contributed by atoms with Crippen LogP contribution in [-0.2, 0) is 9.53 Å². The smallest absolute Gasteiger partial charge is 0.303 e. The number of nitrogens with one attached hydrogen (secondary N) is 1. The molecule has 0 bridgehead atoms. The fourth-order valence-corrected chi connectivity index (χ4v) is 4.12. The van der Waals surface area contributed by atoms with Crippen molar-refractivity contribution in [3.8, 4) is 6.07 Å². The topological polar surface area (TPSA) is 85.6 Å². The Balaban J connectivity index is 2.01. The molecule has 2 N–H and O–H groups in total. The van der Waals surface area contributed by atoms with Crippen molar-refractivity contribution < 1.29 is 14.6 Å². The van der Waals surface area contributed by atoms with Crippen molar-refractivity contribution in [2.24, 2.45) is 5.92 Å². The normalized spacial score (nSPS) is 17.3. The Hall–Kier alpha value is -3.04. The third kappa shape index (κ3) is 5.56. The van der Waals surface area contributed by atoms with Crippen molar-refractivity contribution in [1.82, 2.24) is 0 Å². The fourth-order valence-electron chi connectivity index (χ4n) is 4.12. The molecule has 0 spiro atoms. The molecule has 1 aliphatic rings. The first-order valence-electron chi connectivity index (χ1n) is 10.9. The molecule has 164 valence electrons. The molecule has 0 aromatic heterocycles. The van der Waals surface area contributed by atoms with E-state index in [1.165, 1.54) is 0 Å². The van der Waals surface area contributed by atoms with Gasteiger partial charge in [-0.1, -0.05) is 26.8 Å². The molecule has 1 unspecified atom stereocenters. The molecule has 6 heteroatoms. The van der Waals surface area contributed by atoms with Crippen molar-refractivity contribution in [3.63, 3.8) is 0 Å². The number of hydrogen-bond donors (Lipinski definition) is 2. The summed E-state index contributed by atoms with van der Waals surface area (Å²) in [6, 6.07) is 16.0. The second-order valence-corrected chi connectivity index (χ2v) is 8.37. The number of hydrogen-bond acceptors (Lipinski definition) is 5. The number of carbonyl (C=O) groups is 1. The Bertz CT molecular complexity index is 934. The van der Waals surface area contributed by atoms with Crippen molar-refractivity contribution in [3.05, 3.63) is 53.6 Å². The monoisotopic (exact) mass is 421 g/mol. The second-order valence-electron chi connectivity index (χ2n) is 8.37. The lowest BCUT2D eigenvalue weighted by Crippen LogP contribution is -2.48. The number of rotatable bonds is 8. The second kappa shape index (κ2) is 10.3. The van der Waals surface area contributed by atoms with Gasteiger partial charge < -0.3 is 20.1 Å². The van der Waals surface area contributed by atoms with Gasteiger partial charge in [0.05, 0.1) is 48.7 Å². The highest BCUT2D eigenvalue weighted by Crippen LogP contribution is 2.36. The Morgan fingerprint density at radius 1 is 1.29 bits per heavy atom. The predicted octanol–water partition coefficient (Wildman–Crippen LogP) is 5.13. The molecule has 1 heterocycles. The number of morpholine rings is 1. The Morgan fingerprint density at radius 3 is 2.65 bits per heavy atom. The van der Waals surface area contributed by atoms with Gasteiger partial charge in [0.1, 0.15) is 0 Å². The minimum absolute atomic E-state index is 0.0429. The van der Waals surface area contributed by atoms with Crippen LogP contribution in [0.1, 0.15) is 50.7 Å². The quantitative estimate of drug-likeness (QED) is 0.614. The summed E-state index contributed by atoms with van der Waals surface area (Å²) < 4.78 is 5.74. The lowest BCUT2D eigenvalue weighted by Gasteiger charge is -2.40. The maximum atomic E-state index is 11.3. The van der Waals surface area contributed by atoms with Crippen LogP contribution in [0.3, 0.4) is 0 Å². The van der Waals surface area contributed by atoms with Crippen LogP contribution in [0.25, 0.3) is 0 Å². The van der Waals surface area contributed by atoms with Crippen LogP contribution in [-0.4, -0.2) is 36.9 Å². The molecule has 2 aromatic carbocycles. The number of carboxylic acids is 1. The molecule has 1 saturated heterocycles. The molecule has 31 heavy (non-hydrogen) atoms. The van der Waals surface area contributed by atoms with E-state index in [0.717, 1.165) is 35.6 Å². The van der Waals surface area contributed by atoms with Crippen LogP contribution in [0.4, 0.5) is 17.1 Å². The average Bonchev–Trinajstić information content (AvgIpc) is 2.78. The molecule has 3 rings (SSSR count). The summed E-state index contributed by atoms with van der Waals surface area (Å²) in [5.41, 5.74) is 4.54. The number of nitrogens with zero attached hydrogens (tertiary/aromatic N) is 2. The SMILES string of the molecule is CC[C@@H](CC(=O)O)c1ccc(N2CCOCC2C(C)C)c(Nc2ccc(C#N)cc2)c1. The number of aliphatic carboxylic acids is 1. The zero-order chi connectivity index (χ0) is 22.4. The minimum Gasteiger partial charge on any atom is -0.481 e. The third-order valence-electron chi connectivity index (χ3n) is 5.94. The molecule has 2 aromatic rings. The first-order valence-corrected chi connectivity index (χ1v) is 10.9. The lowest BCUT2D eigenvalue weighted by atomic mass is 9.92. The van der Waals surface area contributed by atoms with E-state index >= 15 is 0 Å². The van der Waals surface area contributed by atoms with Gasteiger partial charge in [0.2, 0.25) is 0 Å². The van der Waals surface area contributed by atoms with Crippen molar-refractivity contribution in [2.45, 2.75) is 45.6 Å². The molecule has 6 nitrogen and oxygen atoms in total. The van der Waals surface area contributed by atoms with E-state index < -0.39 is 5.97 Å². The number of benzene rings is 2.